The van der Waals surface area contributed by atoms with E-state index >= 15 is 0 Å². The molecule has 0 aromatic heterocycles. The normalized spacial score (nSPS) is 20.0. The van der Waals surface area contributed by atoms with Gasteiger partial charge in [-0.05, 0) is 58.8 Å². The van der Waals surface area contributed by atoms with Crippen molar-refractivity contribution >= 4 is 10.0 Å². The fourth-order valence-corrected chi connectivity index (χ4v) is 3.82. The molecule has 1 rings (SSSR count). The quantitative estimate of drug-likeness (QED) is 0.656. The number of aliphatic hydroxyl groups is 1. The molecule has 0 spiro atoms. The number of likely N-dealkylation sites (tertiary alicyclic amines) is 1. The molecule has 1 aliphatic rings. The Morgan fingerprint density at radius 3 is 2.32 bits per heavy atom. The zero-order chi connectivity index (χ0) is 16.8. The van der Waals surface area contributed by atoms with Crippen LogP contribution in [0.25, 0.3) is 0 Å². The van der Waals surface area contributed by atoms with Crippen LogP contribution in [0.1, 0.15) is 26.2 Å². The fraction of sp³-hybridized carbons (Fsp3) is 1.00. The van der Waals surface area contributed by atoms with Gasteiger partial charge in [0, 0.05) is 27.2 Å². The van der Waals surface area contributed by atoms with Crippen LogP contribution in [0.15, 0.2) is 0 Å². The number of nitrogens with zero attached hydrogens (tertiary/aromatic N) is 3. The van der Waals surface area contributed by atoms with Crippen LogP contribution >= 0.6 is 0 Å². The van der Waals surface area contributed by atoms with Crippen molar-refractivity contribution in [2.45, 2.75) is 32.3 Å². The van der Waals surface area contributed by atoms with Crippen LogP contribution in [-0.2, 0) is 10.0 Å². The SMILES string of the molecule is CC(O)CN1CCC(CN(C)CCCS(=O)(=O)N(C)C)CC1. The minimum absolute atomic E-state index is 0.219. The van der Waals surface area contributed by atoms with Crippen molar-refractivity contribution in [3.8, 4) is 0 Å². The van der Waals surface area contributed by atoms with Crippen molar-refractivity contribution in [3.63, 3.8) is 0 Å². The Labute approximate surface area is 136 Å². The van der Waals surface area contributed by atoms with Gasteiger partial charge < -0.3 is 14.9 Å². The summed E-state index contributed by atoms with van der Waals surface area (Å²) in [5.74, 6) is 0.901. The molecule has 0 amide bonds. The monoisotopic (exact) mass is 335 g/mol. The van der Waals surface area contributed by atoms with Crippen LogP contribution in [0, 0.1) is 5.92 Å². The molecule has 22 heavy (non-hydrogen) atoms. The molecule has 0 aliphatic carbocycles. The first-order valence-corrected chi connectivity index (χ1v) is 9.81. The van der Waals surface area contributed by atoms with Gasteiger partial charge in [0.15, 0.2) is 0 Å². The van der Waals surface area contributed by atoms with Gasteiger partial charge in [0.2, 0.25) is 10.0 Å². The number of rotatable bonds is 9. The van der Waals surface area contributed by atoms with Crippen molar-refractivity contribution in [1.82, 2.24) is 14.1 Å². The molecule has 1 saturated heterocycles. The lowest BCUT2D eigenvalue weighted by Gasteiger charge is -2.34. The predicted octanol–water partition coefficient (Wildman–Crippen LogP) is 0.293. The van der Waals surface area contributed by atoms with Crippen molar-refractivity contribution in [3.05, 3.63) is 0 Å². The molecule has 0 radical (unpaired) electrons. The number of piperidine rings is 1. The molecule has 1 unspecified atom stereocenters. The van der Waals surface area contributed by atoms with Crippen LogP contribution in [0.5, 0.6) is 0 Å². The van der Waals surface area contributed by atoms with Gasteiger partial charge in [0.25, 0.3) is 0 Å². The Morgan fingerprint density at radius 2 is 1.82 bits per heavy atom. The summed E-state index contributed by atoms with van der Waals surface area (Å²) in [5, 5.41) is 9.42. The largest absolute Gasteiger partial charge is 0.392 e. The van der Waals surface area contributed by atoms with Gasteiger partial charge in [0.05, 0.1) is 11.9 Å². The van der Waals surface area contributed by atoms with E-state index in [0.29, 0.717) is 12.3 Å². The lowest BCUT2D eigenvalue weighted by Crippen LogP contribution is -2.40. The van der Waals surface area contributed by atoms with Gasteiger partial charge in [0.1, 0.15) is 0 Å². The van der Waals surface area contributed by atoms with Crippen LogP contribution < -0.4 is 0 Å². The average Bonchev–Trinajstić information content (AvgIpc) is 2.40. The minimum Gasteiger partial charge on any atom is -0.392 e. The summed E-state index contributed by atoms with van der Waals surface area (Å²) >= 11 is 0. The first kappa shape index (κ1) is 19.8. The second kappa shape index (κ2) is 9.17. The maximum atomic E-state index is 11.7. The highest BCUT2D eigenvalue weighted by Gasteiger charge is 2.21. The average molecular weight is 336 g/mol. The van der Waals surface area contributed by atoms with Crippen LogP contribution in [-0.4, -0.2) is 93.4 Å². The van der Waals surface area contributed by atoms with Crippen LogP contribution in [0.4, 0.5) is 0 Å². The molecule has 1 heterocycles. The zero-order valence-electron chi connectivity index (χ0n) is 14.5. The highest BCUT2D eigenvalue weighted by atomic mass is 32.2. The molecule has 0 aromatic carbocycles. The third kappa shape index (κ3) is 7.37. The van der Waals surface area contributed by atoms with Gasteiger partial charge in [-0.25, -0.2) is 12.7 Å². The van der Waals surface area contributed by atoms with E-state index in [0.717, 1.165) is 45.6 Å². The summed E-state index contributed by atoms with van der Waals surface area (Å²) in [7, 11) is 2.17. The lowest BCUT2D eigenvalue weighted by atomic mass is 9.96. The Kier molecular flexibility index (Phi) is 8.27. The second-order valence-electron chi connectivity index (χ2n) is 6.81. The van der Waals surface area contributed by atoms with Gasteiger partial charge in [-0.1, -0.05) is 0 Å². The van der Waals surface area contributed by atoms with E-state index in [2.05, 4.69) is 16.8 Å². The molecule has 1 aliphatic heterocycles. The van der Waals surface area contributed by atoms with E-state index in [1.807, 2.05) is 6.92 Å². The first-order chi connectivity index (χ1) is 10.2. The van der Waals surface area contributed by atoms with Crippen LogP contribution in [0.2, 0.25) is 0 Å². The van der Waals surface area contributed by atoms with E-state index < -0.39 is 10.0 Å². The molecular formula is C15H33N3O3S. The molecule has 6 nitrogen and oxygen atoms in total. The van der Waals surface area contributed by atoms with Crippen molar-refractivity contribution in [1.29, 1.82) is 0 Å². The Morgan fingerprint density at radius 1 is 1.23 bits per heavy atom. The fourth-order valence-electron chi connectivity index (χ4n) is 2.96. The Balaban J connectivity index is 2.20. The molecule has 7 heteroatoms. The molecule has 0 aromatic rings. The number of aliphatic hydroxyl groups excluding tert-OH is 1. The van der Waals surface area contributed by atoms with E-state index in [-0.39, 0.29) is 11.9 Å². The molecule has 1 fully saturated rings. The maximum absolute atomic E-state index is 11.7. The Bertz CT molecular complexity index is 404. The molecule has 132 valence electrons. The number of hydrogen-bond donors (Lipinski definition) is 1. The predicted molar refractivity (Wildman–Crippen MR) is 90.4 cm³/mol. The minimum atomic E-state index is -3.07. The van der Waals surface area contributed by atoms with Gasteiger partial charge in [-0.15, -0.1) is 0 Å². The molecule has 0 saturated carbocycles. The standard InChI is InChI=1S/C15H33N3O3S/c1-14(19)12-18-9-6-15(7-10-18)13-17(4)8-5-11-22(20,21)16(2)3/h14-15,19H,5-13H2,1-4H3. The van der Waals surface area contributed by atoms with Crippen molar-refractivity contribution in [2.24, 2.45) is 5.92 Å². The Hall–Kier alpha value is -0.210. The van der Waals surface area contributed by atoms with E-state index in [4.69, 9.17) is 0 Å². The van der Waals surface area contributed by atoms with E-state index in [9.17, 15) is 13.5 Å². The van der Waals surface area contributed by atoms with Gasteiger partial charge in [-0.3, -0.25) is 0 Å². The number of β-amino-alcohol motifs (C(OH)–C–C–N with tert-alkyl or cyclic N) is 1. The molecule has 1 N–H and O–H groups in total. The summed E-state index contributed by atoms with van der Waals surface area (Å²) in [6.07, 6.45) is 2.75. The third-order valence-electron chi connectivity index (χ3n) is 4.30. The molecule has 1 atom stereocenters. The number of sulfonamides is 1. The summed E-state index contributed by atoms with van der Waals surface area (Å²) in [5.41, 5.74) is 0. The van der Waals surface area contributed by atoms with Crippen LogP contribution in [0.3, 0.4) is 0 Å². The van der Waals surface area contributed by atoms with Crippen molar-refractivity contribution < 1.29 is 13.5 Å². The topological polar surface area (TPSA) is 64.1 Å². The highest BCUT2D eigenvalue weighted by Crippen LogP contribution is 2.18. The van der Waals surface area contributed by atoms with E-state index in [1.54, 1.807) is 14.1 Å². The summed E-state index contributed by atoms with van der Waals surface area (Å²) in [6.45, 7) is 6.56. The lowest BCUT2D eigenvalue weighted by molar-refractivity contribution is 0.0926. The first-order valence-electron chi connectivity index (χ1n) is 8.20. The second-order valence-corrected chi connectivity index (χ2v) is 9.11. The van der Waals surface area contributed by atoms with Gasteiger partial charge >= 0.3 is 0 Å². The summed E-state index contributed by atoms with van der Waals surface area (Å²) < 4.78 is 24.7. The van der Waals surface area contributed by atoms with E-state index in [1.165, 1.54) is 4.31 Å². The maximum Gasteiger partial charge on any atom is 0.213 e. The smallest absolute Gasteiger partial charge is 0.213 e. The summed E-state index contributed by atoms with van der Waals surface area (Å²) in [4.78, 5) is 4.57. The van der Waals surface area contributed by atoms with Crippen molar-refractivity contribution in [2.75, 3.05) is 59.6 Å². The summed E-state index contributed by atoms with van der Waals surface area (Å²) in [6, 6.07) is 0. The zero-order valence-corrected chi connectivity index (χ0v) is 15.3. The third-order valence-corrected chi connectivity index (χ3v) is 6.22. The highest BCUT2D eigenvalue weighted by molar-refractivity contribution is 7.89. The molecule has 0 bridgehead atoms. The molecular weight excluding hydrogens is 302 g/mol. The number of hydrogen-bond acceptors (Lipinski definition) is 5. The van der Waals surface area contributed by atoms with Gasteiger partial charge in [-0.2, -0.15) is 0 Å².